The number of thiazole rings is 2. The standard InChI is InChI=1S/C19H20N4O2S2/c1-11-18(27-12(2)21-11)15-10-26-19(22-15)23-16-4-3-14(9-20-16)17(24)13-5-7-25-8-6-13/h3-4,9-10,13H,5-8H2,1-2H3,(H,20,22,23). The number of pyridine rings is 1. The second-order valence-electron chi connectivity index (χ2n) is 6.49. The quantitative estimate of drug-likeness (QED) is 0.629. The zero-order chi connectivity index (χ0) is 18.8. The molecule has 0 atom stereocenters. The lowest BCUT2D eigenvalue weighted by atomic mass is 9.92. The predicted octanol–water partition coefficient (Wildman–Crippen LogP) is 4.63. The van der Waals surface area contributed by atoms with Crippen LogP contribution in [0.2, 0.25) is 0 Å². The van der Waals surface area contributed by atoms with Gasteiger partial charge in [0.1, 0.15) is 5.82 Å². The van der Waals surface area contributed by atoms with E-state index in [1.165, 1.54) is 11.3 Å². The van der Waals surface area contributed by atoms with Gasteiger partial charge in [0.05, 0.1) is 21.3 Å². The van der Waals surface area contributed by atoms with Gasteiger partial charge in [-0.2, -0.15) is 0 Å². The number of carbonyl (C=O) groups is 1. The number of rotatable bonds is 5. The molecular weight excluding hydrogens is 380 g/mol. The van der Waals surface area contributed by atoms with Crippen LogP contribution >= 0.6 is 22.7 Å². The zero-order valence-corrected chi connectivity index (χ0v) is 16.8. The van der Waals surface area contributed by atoms with Crippen molar-refractivity contribution in [3.8, 4) is 10.6 Å². The number of nitrogens with one attached hydrogen (secondary N) is 1. The molecule has 3 aromatic heterocycles. The van der Waals surface area contributed by atoms with E-state index in [-0.39, 0.29) is 11.7 Å². The summed E-state index contributed by atoms with van der Waals surface area (Å²) in [6, 6.07) is 3.66. The van der Waals surface area contributed by atoms with E-state index in [0.717, 1.165) is 39.2 Å². The summed E-state index contributed by atoms with van der Waals surface area (Å²) in [7, 11) is 0. The van der Waals surface area contributed by atoms with Crippen LogP contribution in [-0.2, 0) is 4.74 Å². The van der Waals surface area contributed by atoms with Crippen LogP contribution in [0.4, 0.5) is 10.9 Å². The summed E-state index contributed by atoms with van der Waals surface area (Å²) in [5.41, 5.74) is 2.59. The smallest absolute Gasteiger partial charge is 0.188 e. The first kappa shape index (κ1) is 18.2. The Morgan fingerprint density at radius 2 is 2.04 bits per heavy atom. The van der Waals surface area contributed by atoms with Gasteiger partial charge >= 0.3 is 0 Å². The van der Waals surface area contributed by atoms with Gasteiger partial charge in [0.25, 0.3) is 0 Å². The maximum atomic E-state index is 12.5. The van der Waals surface area contributed by atoms with Gasteiger partial charge in [-0.15, -0.1) is 22.7 Å². The highest BCUT2D eigenvalue weighted by Crippen LogP contribution is 2.32. The van der Waals surface area contributed by atoms with Gasteiger partial charge in [-0.05, 0) is 38.8 Å². The van der Waals surface area contributed by atoms with Crippen molar-refractivity contribution in [2.45, 2.75) is 26.7 Å². The molecule has 4 rings (SSSR count). The summed E-state index contributed by atoms with van der Waals surface area (Å²) in [5, 5.41) is 7.04. The third kappa shape index (κ3) is 4.07. The van der Waals surface area contributed by atoms with Crippen LogP contribution < -0.4 is 5.32 Å². The first-order valence-electron chi connectivity index (χ1n) is 8.85. The summed E-state index contributed by atoms with van der Waals surface area (Å²) >= 11 is 3.18. The van der Waals surface area contributed by atoms with E-state index in [4.69, 9.17) is 4.74 Å². The van der Waals surface area contributed by atoms with Crippen molar-refractivity contribution in [3.05, 3.63) is 40.0 Å². The minimum absolute atomic E-state index is 0.0481. The molecule has 0 unspecified atom stereocenters. The lowest BCUT2D eigenvalue weighted by Crippen LogP contribution is -2.23. The molecule has 1 fully saturated rings. The van der Waals surface area contributed by atoms with E-state index < -0.39 is 0 Å². The molecule has 1 N–H and O–H groups in total. The van der Waals surface area contributed by atoms with Gasteiger partial charge in [-0.1, -0.05) is 0 Å². The van der Waals surface area contributed by atoms with E-state index in [1.807, 2.05) is 31.4 Å². The van der Waals surface area contributed by atoms with Crippen LogP contribution in [0.25, 0.3) is 10.6 Å². The van der Waals surface area contributed by atoms with Crippen LogP contribution in [0.1, 0.15) is 33.9 Å². The number of hydrogen-bond donors (Lipinski definition) is 1. The van der Waals surface area contributed by atoms with Crippen LogP contribution in [-0.4, -0.2) is 33.9 Å². The third-order valence-corrected chi connectivity index (χ3v) is 6.37. The number of aromatic nitrogens is 3. The Hall–Kier alpha value is -2.16. The minimum Gasteiger partial charge on any atom is -0.381 e. The van der Waals surface area contributed by atoms with Gasteiger partial charge in [-0.25, -0.2) is 15.0 Å². The molecule has 3 aromatic rings. The average Bonchev–Trinajstić information content (AvgIpc) is 3.28. The van der Waals surface area contributed by atoms with Crippen molar-refractivity contribution in [1.29, 1.82) is 0 Å². The van der Waals surface area contributed by atoms with Gasteiger partial charge in [-0.3, -0.25) is 4.79 Å². The van der Waals surface area contributed by atoms with E-state index >= 15 is 0 Å². The molecule has 6 nitrogen and oxygen atoms in total. The maximum absolute atomic E-state index is 12.5. The molecule has 0 saturated carbocycles. The zero-order valence-electron chi connectivity index (χ0n) is 15.2. The Morgan fingerprint density at radius 3 is 2.70 bits per heavy atom. The Balaban J connectivity index is 1.44. The minimum atomic E-state index is 0.0481. The highest BCUT2D eigenvalue weighted by molar-refractivity contribution is 7.16. The molecule has 4 heterocycles. The van der Waals surface area contributed by atoms with Crippen molar-refractivity contribution in [2.24, 2.45) is 5.92 Å². The molecule has 0 spiro atoms. The number of hydrogen-bond acceptors (Lipinski definition) is 8. The summed E-state index contributed by atoms with van der Waals surface area (Å²) < 4.78 is 5.33. The molecule has 8 heteroatoms. The Morgan fingerprint density at radius 1 is 1.22 bits per heavy atom. The van der Waals surface area contributed by atoms with E-state index in [2.05, 4.69) is 20.3 Å². The summed E-state index contributed by atoms with van der Waals surface area (Å²) in [6.07, 6.45) is 3.22. The largest absolute Gasteiger partial charge is 0.381 e. The van der Waals surface area contributed by atoms with Crippen molar-refractivity contribution in [1.82, 2.24) is 15.0 Å². The monoisotopic (exact) mass is 400 g/mol. The van der Waals surface area contributed by atoms with Crippen LogP contribution in [0.3, 0.4) is 0 Å². The molecule has 0 bridgehead atoms. The molecule has 27 heavy (non-hydrogen) atoms. The number of anilines is 2. The lowest BCUT2D eigenvalue weighted by Gasteiger charge is -2.20. The van der Waals surface area contributed by atoms with Crippen LogP contribution in [0.15, 0.2) is 23.7 Å². The highest BCUT2D eigenvalue weighted by Gasteiger charge is 2.23. The van der Waals surface area contributed by atoms with Gasteiger partial charge < -0.3 is 10.1 Å². The number of Topliss-reactive ketones (excluding diaryl/α,β-unsaturated/α-hetero) is 1. The second kappa shape index (κ2) is 7.84. The fourth-order valence-corrected chi connectivity index (χ4v) is 4.79. The SMILES string of the molecule is Cc1nc(C)c(-c2csc(Nc3ccc(C(=O)C4CCOCC4)cn3)n2)s1. The number of aryl methyl sites for hydroxylation is 2. The number of nitrogens with zero attached hydrogens (tertiary/aromatic N) is 3. The Bertz CT molecular complexity index is 943. The van der Waals surface area contributed by atoms with Crippen molar-refractivity contribution < 1.29 is 9.53 Å². The molecule has 1 aliphatic rings. The summed E-state index contributed by atoms with van der Waals surface area (Å²) in [4.78, 5) is 27.1. The van der Waals surface area contributed by atoms with Crippen molar-refractivity contribution in [2.75, 3.05) is 18.5 Å². The number of ketones is 1. The summed E-state index contributed by atoms with van der Waals surface area (Å²) in [5.74, 6) is 0.883. The van der Waals surface area contributed by atoms with E-state index in [1.54, 1.807) is 17.5 Å². The van der Waals surface area contributed by atoms with Crippen molar-refractivity contribution in [3.63, 3.8) is 0 Å². The van der Waals surface area contributed by atoms with Gasteiger partial charge in [0, 0.05) is 36.3 Å². The highest BCUT2D eigenvalue weighted by atomic mass is 32.1. The topological polar surface area (TPSA) is 77.0 Å². The summed E-state index contributed by atoms with van der Waals surface area (Å²) in [6.45, 7) is 5.32. The van der Waals surface area contributed by atoms with E-state index in [0.29, 0.717) is 24.6 Å². The molecule has 0 aliphatic carbocycles. The molecule has 0 amide bonds. The molecule has 0 aromatic carbocycles. The lowest BCUT2D eigenvalue weighted by molar-refractivity contribution is 0.0544. The molecule has 1 aliphatic heterocycles. The van der Waals surface area contributed by atoms with Crippen molar-refractivity contribution >= 4 is 39.4 Å². The predicted molar refractivity (Wildman–Crippen MR) is 108 cm³/mol. The molecule has 140 valence electrons. The number of carbonyl (C=O) groups excluding carboxylic acids is 1. The average molecular weight is 401 g/mol. The molecular formula is C19H20N4O2S2. The second-order valence-corrected chi connectivity index (χ2v) is 8.55. The molecule has 1 saturated heterocycles. The van der Waals surface area contributed by atoms with E-state index in [9.17, 15) is 4.79 Å². The van der Waals surface area contributed by atoms with Gasteiger partial charge in [0.2, 0.25) is 0 Å². The van der Waals surface area contributed by atoms with Crippen LogP contribution in [0.5, 0.6) is 0 Å². The first-order chi connectivity index (χ1) is 13.1. The fraction of sp³-hybridized carbons (Fsp3) is 0.368. The normalized spacial score (nSPS) is 15.0. The third-order valence-electron chi connectivity index (χ3n) is 4.52. The number of ether oxygens (including phenoxy) is 1. The van der Waals surface area contributed by atoms with Gasteiger partial charge in [0.15, 0.2) is 10.9 Å². The molecule has 0 radical (unpaired) electrons. The fourth-order valence-electron chi connectivity index (χ4n) is 3.12. The maximum Gasteiger partial charge on any atom is 0.188 e. The van der Waals surface area contributed by atoms with Crippen LogP contribution in [0, 0.1) is 19.8 Å². The first-order valence-corrected chi connectivity index (χ1v) is 10.5. The Kier molecular flexibility index (Phi) is 5.29. The Labute approximate surface area is 165 Å².